The van der Waals surface area contributed by atoms with E-state index in [-0.39, 0.29) is 0 Å². The van der Waals surface area contributed by atoms with Crippen molar-refractivity contribution in [1.29, 1.82) is 0 Å². The van der Waals surface area contributed by atoms with E-state index in [9.17, 15) is 0 Å². The monoisotopic (exact) mass is 192 g/mol. The molecule has 1 unspecified atom stereocenters. The maximum absolute atomic E-state index is 5.66. The van der Waals surface area contributed by atoms with Crippen molar-refractivity contribution in [2.75, 3.05) is 18.0 Å². The number of nitrogens with two attached hydrogens (primary N) is 1. The maximum atomic E-state index is 5.66. The van der Waals surface area contributed by atoms with Crippen LogP contribution in [-0.4, -0.2) is 29.1 Å². The first kappa shape index (κ1) is 9.40. The van der Waals surface area contributed by atoms with Gasteiger partial charge in [0.1, 0.15) is 0 Å². The van der Waals surface area contributed by atoms with E-state index < -0.39 is 0 Å². The normalized spacial score (nSPS) is 20.8. The smallest absolute Gasteiger partial charge is 0.150 e. The van der Waals surface area contributed by atoms with Crippen LogP contribution in [0.2, 0.25) is 0 Å². The van der Waals surface area contributed by atoms with E-state index in [1.165, 1.54) is 6.42 Å². The molecule has 1 aliphatic heterocycles. The summed E-state index contributed by atoms with van der Waals surface area (Å²) < 4.78 is 0. The van der Waals surface area contributed by atoms with Crippen molar-refractivity contribution in [3.63, 3.8) is 0 Å². The van der Waals surface area contributed by atoms with E-state index in [4.69, 9.17) is 5.73 Å². The first-order valence-electron chi connectivity index (χ1n) is 4.99. The van der Waals surface area contributed by atoms with Gasteiger partial charge < -0.3 is 10.6 Å². The molecule has 1 fully saturated rings. The Balaban J connectivity index is 2.27. The average molecular weight is 192 g/mol. The molecule has 14 heavy (non-hydrogen) atoms. The molecule has 1 aromatic heterocycles. The van der Waals surface area contributed by atoms with Crippen LogP contribution in [0.3, 0.4) is 0 Å². The lowest BCUT2D eigenvalue weighted by atomic mass is 10.0. The summed E-state index contributed by atoms with van der Waals surface area (Å²) in [7, 11) is 0. The molecule has 2 rings (SSSR count). The lowest BCUT2D eigenvalue weighted by Crippen LogP contribution is -2.52. The third kappa shape index (κ3) is 1.46. The number of hydrogen-bond donors (Lipinski definition) is 1. The molecule has 0 spiro atoms. The van der Waals surface area contributed by atoms with Gasteiger partial charge in [-0.3, -0.25) is 4.98 Å². The Morgan fingerprint density at radius 3 is 2.93 bits per heavy atom. The Bertz CT molecular complexity index is 335. The van der Waals surface area contributed by atoms with Crippen LogP contribution in [0.5, 0.6) is 0 Å². The molecule has 4 heteroatoms. The van der Waals surface area contributed by atoms with Gasteiger partial charge in [-0.05, 0) is 20.3 Å². The highest BCUT2D eigenvalue weighted by atomic mass is 15.3. The van der Waals surface area contributed by atoms with Gasteiger partial charge in [-0.15, -0.1) is 0 Å². The number of rotatable bonds is 2. The molecule has 0 radical (unpaired) electrons. The van der Waals surface area contributed by atoms with E-state index in [0.717, 1.165) is 23.8 Å². The van der Waals surface area contributed by atoms with Crippen LogP contribution in [0.25, 0.3) is 0 Å². The van der Waals surface area contributed by atoms with Crippen LogP contribution in [0.15, 0.2) is 6.20 Å². The van der Waals surface area contributed by atoms with Gasteiger partial charge in [0, 0.05) is 25.3 Å². The molecule has 0 amide bonds. The maximum Gasteiger partial charge on any atom is 0.150 e. The van der Waals surface area contributed by atoms with Crippen molar-refractivity contribution < 1.29 is 0 Å². The molecule has 0 saturated carbocycles. The fourth-order valence-corrected chi connectivity index (χ4v) is 1.76. The summed E-state index contributed by atoms with van der Waals surface area (Å²) in [5.74, 6) is 1.01. The van der Waals surface area contributed by atoms with Crippen molar-refractivity contribution >= 4 is 5.82 Å². The second kappa shape index (κ2) is 3.53. The summed E-state index contributed by atoms with van der Waals surface area (Å²) in [5.41, 5.74) is 7.62. The lowest BCUT2D eigenvalue weighted by molar-refractivity contribution is 0.450. The molecule has 1 aromatic rings. The van der Waals surface area contributed by atoms with Crippen LogP contribution in [0.4, 0.5) is 5.82 Å². The van der Waals surface area contributed by atoms with E-state index in [1.807, 2.05) is 13.8 Å². The first-order valence-corrected chi connectivity index (χ1v) is 4.99. The summed E-state index contributed by atoms with van der Waals surface area (Å²) >= 11 is 0. The molecule has 2 heterocycles. The van der Waals surface area contributed by atoms with Crippen LogP contribution in [0.1, 0.15) is 17.8 Å². The molecule has 76 valence electrons. The van der Waals surface area contributed by atoms with Crippen molar-refractivity contribution in [1.82, 2.24) is 9.97 Å². The highest BCUT2D eigenvalue weighted by Crippen LogP contribution is 2.25. The first-order chi connectivity index (χ1) is 6.72. The van der Waals surface area contributed by atoms with Crippen LogP contribution in [-0.2, 0) is 0 Å². The second-order valence-corrected chi connectivity index (χ2v) is 3.79. The standard InChI is InChI=1S/C10H16N4/c1-7-6-12-8(2)10(13-7)14-4-3-9(14)5-11/h6,9H,3-5,11H2,1-2H3. The zero-order chi connectivity index (χ0) is 10.1. The molecule has 4 nitrogen and oxygen atoms in total. The Kier molecular flexibility index (Phi) is 2.37. The van der Waals surface area contributed by atoms with Crippen molar-refractivity contribution in [3.05, 3.63) is 17.6 Å². The number of hydrogen-bond acceptors (Lipinski definition) is 4. The highest BCUT2D eigenvalue weighted by molar-refractivity contribution is 5.47. The molecular formula is C10H16N4. The number of aryl methyl sites for hydroxylation is 2. The van der Waals surface area contributed by atoms with Crippen molar-refractivity contribution in [2.24, 2.45) is 5.73 Å². The van der Waals surface area contributed by atoms with Crippen LogP contribution < -0.4 is 10.6 Å². The molecule has 1 atom stereocenters. The Morgan fingerprint density at radius 1 is 1.57 bits per heavy atom. The largest absolute Gasteiger partial charge is 0.351 e. The van der Waals surface area contributed by atoms with Crippen LogP contribution >= 0.6 is 0 Å². The van der Waals surface area contributed by atoms with Crippen molar-refractivity contribution in [3.8, 4) is 0 Å². The second-order valence-electron chi connectivity index (χ2n) is 3.79. The fourth-order valence-electron chi connectivity index (χ4n) is 1.76. The van der Waals surface area contributed by atoms with Gasteiger partial charge in [0.2, 0.25) is 0 Å². The quantitative estimate of drug-likeness (QED) is 0.746. The SMILES string of the molecule is Cc1cnc(C)c(N2CCC2CN)n1. The summed E-state index contributed by atoms with van der Waals surface area (Å²) in [4.78, 5) is 11.1. The Hall–Kier alpha value is -1.16. The topological polar surface area (TPSA) is 55.0 Å². The molecule has 1 saturated heterocycles. The minimum absolute atomic E-state index is 0.463. The number of nitrogens with zero attached hydrogens (tertiary/aromatic N) is 3. The van der Waals surface area contributed by atoms with Crippen LogP contribution in [0, 0.1) is 13.8 Å². The van der Waals surface area contributed by atoms with Gasteiger partial charge in [-0.25, -0.2) is 4.98 Å². The molecular weight excluding hydrogens is 176 g/mol. The van der Waals surface area contributed by atoms with Gasteiger partial charge in [0.05, 0.1) is 11.4 Å². The van der Waals surface area contributed by atoms with E-state index in [2.05, 4.69) is 14.9 Å². The highest BCUT2D eigenvalue weighted by Gasteiger charge is 2.29. The minimum atomic E-state index is 0.463. The Morgan fingerprint density at radius 2 is 2.36 bits per heavy atom. The predicted octanol–water partition coefficient (Wildman–Crippen LogP) is 0.631. The fraction of sp³-hybridized carbons (Fsp3) is 0.600. The molecule has 2 N–H and O–H groups in total. The lowest BCUT2D eigenvalue weighted by Gasteiger charge is -2.41. The predicted molar refractivity (Wildman–Crippen MR) is 56.3 cm³/mol. The van der Waals surface area contributed by atoms with Gasteiger partial charge in [-0.1, -0.05) is 0 Å². The van der Waals surface area contributed by atoms with Gasteiger partial charge >= 0.3 is 0 Å². The summed E-state index contributed by atoms with van der Waals surface area (Å²) in [5, 5.41) is 0. The molecule has 0 bridgehead atoms. The van der Waals surface area contributed by atoms with Gasteiger partial charge in [0.25, 0.3) is 0 Å². The van der Waals surface area contributed by atoms with Gasteiger partial charge in [-0.2, -0.15) is 0 Å². The van der Waals surface area contributed by atoms with Crippen molar-refractivity contribution in [2.45, 2.75) is 26.3 Å². The molecule has 0 aromatic carbocycles. The van der Waals surface area contributed by atoms with E-state index in [1.54, 1.807) is 6.20 Å². The summed E-state index contributed by atoms with van der Waals surface area (Å²) in [6, 6.07) is 0.463. The zero-order valence-corrected chi connectivity index (χ0v) is 8.70. The Labute approximate surface area is 84.2 Å². The summed E-state index contributed by atoms with van der Waals surface area (Å²) in [6.45, 7) is 5.72. The number of anilines is 1. The zero-order valence-electron chi connectivity index (χ0n) is 8.70. The third-order valence-corrected chi connectivity index (χ3v) is 2.74. The third-order valence-electron chi connectivity index (χ3n) is 2.74. The molecule has 0 aliphatic carbocycles. The average Bonchev–Trinajstić information content (AvgIpc) is 2.10. The van der Waals surface area contributed by atoms with E-state index in [0.29, 0.717) is 12.6 Å². The van der Waals surface area contributed by atoms with E-state index >= 15 is 0 Å². The van der Waals surface area contributed by atoms with Gasteiger partial charge in [0.15, 0.2) is 5.82 Å². The molecule has 1 aliphatic rings. The number of aromatic nitrogens is 2. The summed E-state index contributed by atoms with van der Waals surface area (Å²) in [6.07, 6.45) is 2.97. The minimum Gasteiger partial charge on any atom is -0.351 e.